The Balaban J connectivity index is 1.58. The van der Waals surface area contributed by atoms with Crippen LogP contribution in [-0.2, 0) is 0 Å². The maximum atomic E-state index is 9.94. The first-order valence-corrected chi connectivity index (χ1v) is 10.8. The molecule has 1 unspecified atom stereocenters. The van der Waals surface area contributed by atoms with Crippen LogP contribution >= 0.6 is 11.6 Å². The molecule has 0 radical (unpaired) electrons. The van der Waals surface area contributed by atoms with Crippen LogP contribution < -0.4 is 15.5 Å². The molecule has 1 saturated heterocycles. The van der Waals surface area contributed by atoms with Gasteiger partial charge in [0.05, 0.1) is 10.9 Å². The molecule has 1 aliphatic heterocycles. The van der Waals surface area contributed by atoms with Gasteiger partial charge in [0.2, 0.25) is 0 Å². The van der Waals surface area contributed by atoms with E-state index in [1.165, 1.54) is 5.69 Å². The first kappa shape index (κ1) is 19.6. The number of rotatable bonds is 4. The van der Waals surface area contributed by atoms with Crippen LogP contribution in [0.5, 0.6) is 5.75 Å². The van der Waals surface area contributed by atoms with Crippen molar-refractivity contribution in [1.82, 2.24) is 10.3 Å². The number of anilines is 2. The third-order valence-corrected chi connectivity index (χ3v) is 6.29. The number of hydrogen-bond acceptors (Lipinski definition) is 5. The number of nitrogens with one attached hydrogen (secondary N) is 2. The Morgan fingerprint density at radius 3 is 2.46 bits per heavy atom. The third kappa shape index (κ3) is 4.31. The van der Waals surface area contributed by atoms with Gasteiger partial charge < -0.3 is 20.6 Å². The van der Waals surface area contributed by atoms with Crippen LogP contribution in [0.1, 0.15) is 46.5 Å². The summed E-state index contributed by atoms with van der Waals surface area (Å²) in [7, 11) is 0. The average molecular weight is 403 g/mol. The second-order valence-electron chi connectivity index (χ2n) is 9.23. The number of piperidine rings is 1. The van der Waals surface area contributed by atoms with Crippen LogP contribution in [0.15, 0.2) is 24.3 Å². The van der Waals surface area contributed by atoms with Gasteiger partial charge in [-0.2, -0.15) is 0 Å². The molecular formula is C22H31ClN4O. The van der Waals surface area contributed by atoms with Crippen LogP contribution in [-0.4, -0.2) is 46.2 Å². The third-order valence-electron chi connectivity index (χ3n) is 5.77. The van der Waals surface area contributed by atoms with E-state index < -0.39 is 0 Å². The van der Waals surface area contributed by atoms with Gasteiger partial charge in [0, 0.05) is 53.9 Å². The highest BCUT2D eigenvalue weighted by Crippen LogP contribution is 2.35. The monoisotopic (exact) mass is 402 g/mol. The molecule has 5 nitrogen and oxygen atoms in total. The Hall–Kier alpha value is -1.72. The summed E-state index contributed by atoms with van der Waals surface area (Å²) in [5, 5.41) is 18.4. The number of fused-ring (bicyclic) bond motifs is 1. The van der Waals surface area contributed by atoms with Gasteiger partial charge in [-0.15, -0.1) is 11.6 Å². The predicted octanol–water partition coefficient (Wildman–Crippen LogP) is 4.48. The normalized spacial score (nSPS) is 23.6. The molecule has 2 fully saturated rings. The van der Waals surface area contributed by atoms with Crippen molar-refractivity contribution < 1.29 is 5.11 Å². The Labute approximate surface area is 172 Å². The number of phenols is 1. The molecule has 1 aliphatic carbocycles. The predicted molar refractivity (Wildman–Crippen MR) is 118 cm³/mol. The summed E-state index contributed by atoms with van der Waals surface area (Å²) >= 11 is 6.32. The van der Waals surface area contributed by atoms with E-state index in [0.717, 1.165) is 55.5 Å². The highest BCUT2D eigenvalue weighted by atomic mass is 35.5. The summed E-state index contributed by atoms with van der Waals surface area (Å²) in [5.41, 5.74) is 2.15. The molecule has 1 aromatic carbocycles. The van der Waals surface area contributed by atoms with Crippen molar-refractivity contribution in [2.75, 3.05) is 23.3 Å². The maximum Gasteiger partial charge on any atom is 0.129 e. The lowest BCUT2D eigenvalue weighted by Gasteiger charge is -2.38. The lowest BCUT2D eigenvalue weighted by atomic mass is 9.92. The molecular weight excluding hydrogens is 372 g/mol. The van der Waals surface area contributed by atoms with Gasteiger partial charge in [-0.3, -0.25) is 0 Å². The highest BCUT2D eigenvalue weighted by Gasteiger charge is 2.30. The fraction of sp³-hybridized carbons (Fsp3) is 0.591. The number of halogens is 1. The van der Waals surface area contributed by atoms with Gasteiger partial charge in [0.15, 0.2) is 0 Å². The molecule has 2 atom stereocenters. The molecule has 0 spiro atoms. The van der Waals surface area contributed by atoms with E-state index in [9.17, 15) is 5.11 Å². The topological polar surface area (TPSA) is 60.4 Å². The minimum absolute atomic E-state index is 0.145. The molecule has 2 aliphatic rings. The number of aromatic nitrogens is 1. The lowest BCUT2D eigenvalue weighted by Crippen LogP contribution is -2.49. The number of hydrogen-bond donors (Lipinski definition) is 3. The molecule has 4 rings (SSSR count). The number of pyridine rings is 1. The van der Waals surface area contributed by atoms with Gasteiger partial charge in [-0.1, -0.05) is 0 Å². The minimum atomic E-state index is 0.145. The SMILES string of the molecule is CC(C)(C)NC1CCN(c2cc(NC3CC[C@H]3Cl)nc3cc(O)ccc23)CC1. The molecule has 3 N–H and O–H groups in total. The summed E-state index contributed by atoms with van der Waals surface area (Å²) in [5.74, 6) is 1.09. The molecule has 0 bridgehead atoms. The fourth-order valence-corrected chi connectivity index (χ4v) is 4.54. The van der Waals surface area contributed by atoms with Gasteiger partial charge in [0.25, 0.3) is 0 Å². The molecule has 2 aromatic rings. The van der Waals surface area contributed by atoms with Crippen molar-refractivity contribution in [3.8, 4) is 5.75 Å². The van der Waals surface area contributed by atoms with Gasteiger partial charge in [0.1, 0.15) is 11.6 Å². The lowest BCUT2D eigenvalue weighted by molar-refractivity contribution is 0.317. The highest BCUT2D eigenvalue weighted by molar-refractivity contribution is 6.21. The van der Waals surface area contributed by atoms with Crippen molar-refractivity contribution in [3.05, 3.63) is 24.3 Å². The molecule has 1 aromatic heterocycles. The van der Waals surface area contributed by atoms with Crippen molar-refractivity contribution >= 4 is 34.0 Å². The second-order valence-corrected chi connectivity index (χ2v) is 9.79. The Morgan fingerprint density at radius 1 is 1.11 bits per heavy atom. The van der Waals surface area contributed by atoms with Crippen LogP contribution in [0.4, 0.5) is 11.5 Å². The zero-order valence-electron chi connectivity index (χ0n) is 17.0. The summed E-state index contributed by atoms with van der Waals surface area (Å²) in [6.45, 7) is 8.70. The zero-order valence-corrected chi connectivity index (χ0v) is 17.8. The number of aromatic hydroxyl groups is 1. The Kier molecular flexibility index (Phi) is 5.32. The standard InChI is InChI=1S/C22H31ClN4O/c1-22(2,3)26-14-8-10-27(11-9-14)20-13-21(24-18-7-6-17(18)23)25-19-12-15(28)4-5-16(19)20/h4-5,12-14,17-18,26,28H,6-11H2,1-3H3,(H,24,25)/t17-,18?/m1/s1. The first-order valence-electron chi connectivity index (χ1n) is 10.4. The molecule has 6 heteroatoms. The van der Waals surface area contributed by atoms with Crippen LogP contribution in [0.25, 0.3) is 10.9 Å². The van der Waals surface area contributed by atoms with Crippen LogP contribution in [0.3, 0.4) is 0 Å². The number of phenolic OH excluding ortho intramolecular Hbond substituents is 1. The average Bonchev–Trinajstić information content (AvgIpc) is 2.63. The van der Waals surface area contributed by atoms with E-state index in [2.05, 4.69) is 42.4 Å². The van der Waals surface area contributed by atoms with Crippen molar-refractivity contribution in [2.45, 2.75) is 69.5 Å². The summed E-state index contributed by atoms with van der Waals surface area (Å²) in [6.07, 6.45) is 4.37. The number of nitrogens with zero attached hydrogens (tertiary/aromatic N) is 2. The Morgan fingerprint density at radius 2 is 1.86 bits per heavy atom. The van der Waals surface area contributed by atoms with E-state index in [-0.39, 0.29) is 22.7 Å². The summed E-state index contributed by atoms with van der Waals surface area (Å²) in [4.78, 5) is 7.19. The van der Waals surface area contributed by atoms with E-state index >= 15 is 0 Å². The Bertz CT molecular complexity index is 842. The minimum Gasteiger partial charge on any atom is -0.508 e. The van der Waals surface area contributed by atoms with Crippen LogP contribution in [0, 0.1) is 0 Å². The van der Waals surface area contributed by atoms with Gasteiger partial charge >= 0.3 is 0 Å². The maximum absolute atomic E-state index is 9.94. The smallest absolute Gasteiger partial charge is 0.129 e. The summed E-state index contributed by atoms with van der Waals surface area (Å²) in [6, 6.07) is 8.45. The van der Waals surface area contributed by atoms with Crippen molar-refractivity contribution in [3.63, 3.8) is 0 Å². The van der Waals surface area contributed by atoms with E-state index in [1.54, 1.807) is 12.1 Å². The van der Waals surface area contributed by atoms with Crippen LogP contribution in [0.2, 0.25) is 0 Å². The van der Waals surface area contributed by atoms with E-state index in [0.29, 0.717) is 6.04 Å². The van der Waals surface area contributed by atoms with E-state index in [1.807, 2.05) is 6.07 Å². The number of benzene rings is 1. The van der Waals surface area contributed by atoms with Gasteiger partial charge in [-0.05, 0) is 58.6 Å². The number of alkyl halides is 1. The molecule has 2 heterocycles. The molecule has 1 saturated carbocycles. The summed E-state index contributed by atoms with van der Waals surface area (Å²) < 4.78 is 0. The molecule has 0 amide bonds. The van der Waals surface area contributed by atoms with E-state index in [4.69, 9.17) is 16.6 Å². The molecule has 28 heavy (non-hydrogen) atoms. The fourth-order valence-electron chi connectivity index (χ4n) is 4.22. The zero-order chi connectivity index (χ0) is 19.9. The quantitative estimate of drug-likeness (QED) is 0.658. The largest absolute Gasteiger partial charge is 0.508 e. The first-order chi connectivity index (χ1) is 13.3. The van der Waals surface area contributed by atoms with Crippen molar-refractivity contribution in [1.29, 1.82) is 0 Å². The van der Waals surface area contributed by atoms with Gasteiger partial charge in [-0.25, -0.2) is 4.98 Å². The second kappa shape index (κ2) is 7.60. The van der Waals surface area contributed by atoms with Crippen molar-refractivity contribution in [2.24, 2.45) is 0 Å². The molecule has 152 valence electrons.